The molecule has 2 aromatic rings. The number of hydrazine groups is 1. The van der Waals surface area contributed by atoms with E-state index in [0.29, 0.717) is 22.4 Å². The Hall–Kier alpha value is -2.77. The number of Topliss-reactive ketones (excluding diaryl/α,β-unsaturated/α-hetero) is 1. The number of carbonyl (C=O) groups excluding carboxylic acids is 4. The molecule has 2 saturated carbocycles. The summed E-state index contributed by atoms with van der Waals surface area (Å²) in [5, 5.41) is 2.44. The minimum absolute atomic E-state index is 0.0242. The number of benzene rings is 2. The molecule has 0 N–H and O–H groups in total. The lowest BCUT2D eigenvalue weighted by Gasteiger charge is -2.37. The average Bonchev–Trinajstić information content (AvgIpc) is 3.62. The van der Waals surface area contributed by atoms with E-state index in [1.807, 2.05) is 0 Å². The first-order valence-electron chi connectivity index (χ1n) is 11.3. The zero-order valence-corrected chi connectivity index (χ0v) is 20.3. The molecular weight excluding hydrogens is 520 g/mol. The predicted octanol–water partition coefficient (Wildman–Crippen LogP) is 4.40. The smallest absolute Gasteiger partial charge is 0.273 e. The number of halogens is 2. The molecule has 1 aliphatic heterocycles. The molecule has 0 unspecified atom stereocenters. The fourth-order valence-electron chi connectivity index (χ4n) is 6.02. The fraction of sp³-hybridized carbons (Fsp3) is 0.308. The van der Waals surface area contributed by atoms with Crippen molar-refractivity contribution in [2.24, 2.45) is 35.5 Å². The molecule has 6 atom stereocenters. The normalized spacial score (nSPS) is 30.2. The maximum atomic E-state index is 13.6. The van der Waals surface area contributed by atoms with Gasteiger partial charge in [0, 0.05) is 20.6 Å². The lowest BCUT2D eigenvalue weighted by Crippen LogP contribution is -2.52. The molecule has 0 aromatic heterocycles. The van der Waals surface area contributed by atoms with Gasteiger partial charge in [-0.1, -0.05) is 51.8 Å². The highest BCUT2D eigenvalue weighted by atomic mass is 79.9. The van der Waals surface area contributed by atoms with Crippen molar-refractivity contribution in [3.8, 4) is 0 Å². The Morgan fingerprint density at radius 3 is 1.97 bits per heavy atom. The van der Waals surface area contributed by atoms with E-state index in [1.54, 1.807) is 36.4 Å². The van der Waals surface area contributed by atoms with Gasteiger partial charge in [-0.3, -0.25) is 19.2 Å². The van der Waals surface area contributed by atoms with E-state index in [1.165, 1.54) is 12.1 Å². The van der Waals surface area contributed by atoms with Crippen LogP contribution in [0.25, 0.3) is 0 Å². The number of hydrogen-bond donors (Lipinski definition) is 0. The van der Waals surface area contributed by atoms with Crippen molar-refractivity contribution in [3.05, 3.63) is 81.3 Å². The van der Waals surface area contributed by atoms with Gasteiger partial charge in [0.1, 0.15) is 6.54 Å². The Morgan fingerprint density at radius 1 is 0.882 bits per heavy atom. The second-order valence-electron chi connectivity index (χ2n) is 9.44. The van der Waals surface area contributed by atoms with Crippen LogP contribution >= 0.6 is 27.5 Å². The molecule has 2 bridgehead atoms. The first-order chi connectivity index (χ1) is 16.3. The van der Waals surface area contributed by atoms with Crippen molar-refractivity contribution in [1.82, 2.24) is 10.0 Å². The lowest BCUT2D eigenvalue weighted by molar-refractivity contribution is -0.154. The van der Waals surface area contributed by atoms with Gasteiger partial charge in [0.25, 0.3) is 17.7 Å². The van der Waals surface area contributed by atoms with E-state index in [9.17, 15) is 19.2 Å². The maximum Gasteiger partial charge on any atom is 0.273 e. The average molecular weight is 540 g/mol. The zero-order chi connectivity index (χ0) is 23.7. The number of imide groups is 1. The van der Waals surface area contributed by atoms with E-state index in [2.05, 4.69) is 28.1 Å². The summed E-state index contributed by atoms with van der Waals surface area (Å²) in [6.07, 6.45) is 5.20. The first kappa shape index (κ1) is 21.7. The Balaban J connectivity index is 1.36. The van der Waals surface area contributed by atoms with Crippen LogP contribution in [0.5, 0.6) is 0 Å². The monoisotopic (exact) mass is 538 g/mol. The van der Waals surface area contributed by atoms with Crippen LogP contribution in [0.15, 0.2) is 65.2 Å². The van der Waals surface area contributed by atoms with E-state index >= 15 is 0 Å². The van der Waals surface area contributed by atoms with Gasteiger partial charge in [0.15, 0.2) is 5.78 Å². The van der Waals surface area contributed by atoms with Gasteiger partial charge >= 0.3 is 0 Å². The van der Waals surface area contributed by atoms with Gasteiger partial charge in [-0.25, -0.2) is 5.01 Å². The van der Waals surface area contributed by atoms with E-state index in [4.69, 9.17) is 11.6 Å². The topological polar surface area (TPSA) is 74.8 Å². The highest BCUT2D eigenvalue weighted by molar-refractivity contribution is 9.10. The van der Waals surface area contributed by atoms with Gasteiger partial charge in [-0.05, 0) is 66.5 Å². The van der Waals surface area contributed by atoms with Gasteiger partial charge < -0.3 is 0 Å². The number of amides is 3. The molecule has 172 valence electrons. The molecule has 3 fully saturated rings. The highest BCUT2D eigenvalue weighted by Gasteiger charge is 2.68. The van der Waals surface area contributed by atoms with Gasteiger partial charge in [-0.2, -0.15) is 5.01 Å². The lowest BCUT2D eigenvalue weighted by atomic mass is 9.63. The molecule has 0 radical (unpaired) electrons. The summed E-state index contributed by atoms with van der Waals surface area (Å²) in [5.74, 6) is -1.72. The second kappa shape index (κ2) is 7.89. The van der Waals surface area contributed by atoms with Crippen LogP contribution in [0.1, 0.15) is 27.1 Å². The second-order valence-corrected chi connectivity index (χ2v) is 10.8. The molecule has 2 aromatic carbocycles. The molecule has 8 heteroatoms. The predicted molar refractivity (Wildman–Crippen MR) is 128 cm³/mol. The summed E-state index contributed by atoms with van der Waals surface area (Å²) >= 11 is 9.32. The van der Waals surface area contributed by atoms with Crippen LogP contribution < -0.4 is 0 Å². The number of ketones is 1. The van der Waals surface area contributed by atoms with Gasteiger partial charge in [-0.15, -0.1) is 0 Å². The van der Waals surface area contributed by atoms with Gasteiger partial charge in [0.2, 0.25) is 0 Å². The summed E-state index contributed by atoms with van der Waals surface area (Å²) in [6.45, 7) is -0.421. The van der Waals surface area contributed by atoms with Crippen molar-refractivity contribution in [3.63, 3.8) is 0 Å². The highest BCUT2D eigenvalue weighted by Crippen LogP contribution is 2.65. The summed E-state index contributed by atoms with van der Waals surface area (Å²) in [4.78, 5) is 54.0. The van der Waals surface area contributed by atoms with Crippen LogP contribution in [-0.2, 0) is 9.59 Å². The standard InChI is InChI=1S/C26H20BrClN2O4/c27-15-5-1-13(2-6-15)21(31)12-29(24(32)14-3-7-16(28)8-4-14)30-25(33)22-17-9-10-18(20-11-19(17)20)23(22)26(30)34/h1-10,17-20,22-23H,11-12H2/t17-,18-,19-,20+,22-,23+/m0/s1. The molecule has 1 saturated heterocycles. The van der Waals surface area contributed by atoms with Crippen molar-refractivity contribution in [2.45, 2.75) is 6.42 Å². The summed E-state index contributed by atoms with van der Waals surface area (Å²) in [5.41, 5.74) is 0.629. The van der Waals surface area contributed by atoms with Crippen molar-refractivity contribution in [1.29, 1.82) is 0 Å². The Bertz CT molecular complexity index is 1220. The number of allylic oxidation sites excluding steroid dienone is 2. The number of nitrogens with zero attached hydrogens (tertiary/aromatic N) is 2. The quantitative estimate of drug-likeness (QED) is 0.321. The molecule has 5 aliphatic rings. The number of carbonyl (C=O) groups is 4. The summed E-state index contributed by atoms with van der Waals surface area (Å²) in [7, 11) is 0. The summed E-state index contributed by atoms with van der Waals surface area (Å²) in [6, 6.07) is 12.9. The fourth-order valence-corrected chi connectivity index (χ4v) is 6.41. The molecular formula is C26H20BrClN2O4. The van der Waals surface area contributed by atoms with Crippen molar-refractivity contribution in [2.75, 3.05) is 6.54 Å². The maximum absolute atomic E-state index is 13.6. The number of hydrogen-bond acceptors (Lipinski definition) is 4. The minimum atomic E-state index is -0.590. The van der Waals surface area contributed by atoms with E-state index in [-0.39, 0.29) is 35.0 Å². The molecule has 0 spiro atoms. The van der Waals surface area contributed by atoms with Crippen LogP contribution in [0.2, 0.25) is 5.02 Å². The minimum Gasteiger partial charge on any atom is -0.292 e. The van der Waals surface area contributed by atoms with Crippen LogP contribution in [0, 0.1) is 35.5 Å². The van der Waals surface area contributed by atoms with Crippen molar-refractivity contribution < 1.29 is 19.2 Å². The molecule has 6 nitrogen and oxygen atoms in total. The molecule has 7 rings (SSSR count). The Kier molecular flexibility index (Phi) is 5.04. The Morgan fingerprint density at radius 2 is 1.41 bits per heavy atom. The Labute approximate surface area is 209 Å². The van der Waals surface area contributed by atoms with Crippen LogP contribution in [-0.4, -0.2) is 40.1 Å². The van der Waals surface area contributed by atoms with E-state index in [0.717, 1.165) is 20.9 Å². The molecule has 4 aliphatic carbocycles. The largest absolute Gasteiger partial charge is 0.292 e. The van der Waals surface area contributed by atoms with Crippen LogP contribution in [0.3, 0.4) is 0 Å². The van der Waals surface area contributed by atoms with Crippen LogP contribution in [0.4, 0.5) is 0 Å². The zero-order valence-electron chi connectivity index (χ0n) is 17.9. The van der Waals surface area contributed by atoms with Crippen molar-refractivity contribution >= 4 is 51.0 Å². The third-order valence-electron chi connectivity index (χ3n) is 7.67. The van der Waals surface area contributed by atoms with Gasteiger partial charge in [0.05, 0.1) is 11.8 Å². The first-order valence-corrected chi connectivity index (χ1v) is 12.4. The third-order valence-corrected chi connectivity index (χ3v) is 8.45. The number of rotatable bonds is 5. The SMILES string of the molecule is O=C(CN(C(=O)c1ccc(Cl)cc1)N1C(=O)[C@@H]2[C@H]3C=C[C@@H]([C@@H]4C[C@H]34)[C@@H]2C1=O)c1ccc(Br)cc1. The summed E-state index contributed by atoms with van der Waals surface area (Å²) < 4.78 is 0.814. The molecule has 34 heavy (non-hydrogen) atoms. The van der Waals surface area contributed by atoms with E-state index < -0.39 is 24.3 Å². The molecule has 3 amide bonds. The molecule has 1 heterocycles. The third kappa shape index (κ3) is 3.28.